The Balaban J connectivity index is 1.13. The lowest BCUT2D eigenvalue weighted by atomic mass is 9.96. The van der Waals surface area contributed by atoms with Crippen molar-refractivity contribution < 1.29 is 27.8 Å². The molecule has 9 nitrogen and oxygen atoms in total. The van der Waals surface area contributed by atoms with E-state index < -0.39 is 28.9 Å². The van der Waals surface area contributed by atoms with Gasteiger partial charge in [0.25, 0.3) is 0 Å². The van der Waals surface area contributed by atoms with Crippen LogP contribution in [0.25, 0.3) is 28.0 Å². The SMILES string of the molecule is CC(C)(C)OC(=O)N1CCC[C@H]1C1=NC=C(c2ccc(-c3cc(F)c(-c4cnc([C@@H]5CCCN5C(=O)OC(C)(C)C)[nH]4)cc3F)cc2)C1. The fourth-order valence-corrected chi connectivity index (χ4v) is 6.55. The van der Waals surface area contributed by atoms with Gasteiger partial charge in [-0.25, -0.2) is 23.4 Å². The van der Waals surface area contributed by atoms with Crippen molar-refractivity contribution in [2.24, 2.45) is 4.99 Å². The zero-order chi connectivity index (χ0) is 34.4. The lowest BCUT2D eigenvalue weighted by Crippen LogP contribution is -2.43. The summed E-state index contributed by atoms with van der Waals surface area (Å²) >= 11 is 0. The first kappa shape index (κ1) is 33.4. The van der Waals surface area contributed by atoms with Gasteiger partial charge < -0.3 is 14.5 Å². The average molecular weight is 660 g/mol. The van der Waals surface area contributed by atoms with Crippen LogP contribution in [0.1, 0.15) is 91.1 Å². The Kier molecular flexibility index (Phi) is 8.91. The van der Waals surface area contributed by atoms with Crippen molar-refractivity contribution in [1.82, 2.24) is 19.8 Å². The molecule has 0 aliphatic carbocycles. The number of halogens is 2. The summed E-state index contributed by atoms with van der Waals surface area (Å²) < 4.78 is 42.2. The van der Waals surface area contributed by atoms with E-state index >= 15 is 8.78 Å². The second-order valence-corrected chi connectivity index (χ2v) is 14.7. The van der Waals surface area contributed by atoms with Gasteiger partial charge in [0.15, 0.2) is 0 Å². The number of benzene rings is 2. The number of amides is 2. The van der Waals surface area contributed by atoms with Crippen LogP contribution in [0.3, 0.4) is 0 Å². The molecule has 0 spiro atoms. The maximum absolute atomic E-state index is 15.5. The van der Waals surface area contributed by atoms with Gasteiger partial charge in [0.2, 0.25) is 0 Å². The number of nitrogens with zero attached hydrogens (tertiary/aromatic N) is 4. The van der Waals surface area contributed by atoms with Gasteiger partial charge in [-0.3, -0.25) is 14.8 Å². The van der Waals surface area contributed by atoms with Crippen LogP contribution < -0.4 is 0 Å². The summed E-state index contributed by atoms with van der Waals surface area (Å²) in [6.45, 7) is 12.2. The summed E-state index contributed by atoms with van der Waals surface area (Å²) in [7, 11) is 0. The molecule has 3 aliphatic heterocycles. The summed E-state index contributed by atoms with van der Waals surface area (Å²) in [6, 6.07) is 9.24. The van der Waals surface area contributed by atoms with Gasteiger partial charge >= 0.3 is 12.2 Å². The van der Waals surface area contributed by atoms with Crippen molar-refractivity contribution in [3.05, 3.63) is 71.8 Å². The fourth-order valence-electron chi connectivity index (χ4n) is 6.55. The highest BCUT2D eigenvalue weighted by molar-refractivity contribution is 6.03. The van der Waals surface area contributed by atoms with Crippen molar-refractivity contribution >= 4 is 23.5 Å². The van der Waals surface area contributed by atoms with E-state index in [9.17, 15) is 9.59 Å². The average Bonchev–Trinajstić information content (AvgIpc) is 3.82. The minimum absolute atomic E-state index is 0.0570. The maximum atomic E-state index is 15.5. The second kappa shape index (κ2) is 12.8. The summed E-state index contributed by atoms with van der Waals surface area (Å²) in [4.78, 5) is 41.1. The molecule has 1 N–H and O–H groups in total. The predicted molar refractivity (Wildman–Crippen MR) is 180 cm³/mol. The Hall–Kier alpha value is -4.54. The normalized spacial score (nSPS) is 19.8. The molecule has 0 radical (unpaired) electrons. The van der Waals surface area contributed by atoms with Crippen molar-refractivity contribution in [3.63, 3.8) is 0 Å². The molecule has 2 aromatic carbocycles. The Morgan fingerprint density at radius 3 is 1.98 bits per heavy atom. The molecular weight excluding hydrogens is 616 g/mol. The number of H-pyrrole nitrogens is 1. The number of aromatic amines is 1. The molecule has 2 fully saturated rings. The molecule has 3 aliphatic rings. The third-order valence-electron chi connectivity index (χ3n) is 8.73. The van der Waals surface area contributed by atoms with Crippen molar-refractivity contribution in [1.29, 1.82) is 0 Å². The van der Waals surface area contributed by atoms with E-state index in [1.54, 1.807) is 21.9 Å². The van der Waals surface area contributed by atoms with E-state index in [-0.39, 0.29) is 29.3 Å². The van der Waals surface area contributed by atoms with E-state index in [4.69, 9.17) is 9.47 Å². The van der Waals surface area contributed by atoms with Crippen LogP contribution in [0.4, 0.5) is 18.4 Å². The standard InChI is InChI=1S/C37H43F2N5O4/c1-36(2,3)47-34(45)43-15-7-9-31(43)29-17-24(20-40-29)22-11-13-23(14-12-22)25-18-28(39)26(19-27(25)38)30-21-41-33(42-30)32-10-8-16-44(32)35(46)48-37(4,5)6/h11-14,18-21,31-32H,7-10,15-17H2,1-6H3,(H,41,42)/t31-,32-/m0/s1. The summed E-state index contributed by atoms with van der Waals surface area (Å²) in [5.41, 5.74) is 2.72. The van der Waals surface area contributed by atoms with Gasteiger partial charge in [-0.15, -0.1) is 0 Å². The van der Waals surface area contributed by atoms with Crippen LogP contribution in [0, 0.1) is 11.6 Å². The van der Waals surface area contributed by atoms with Crippen molar-refractivity contribution in [2.45, 2.75) is 96.9 Å². The second-order valence-electron chi connectivity index (χ2n) is 14.7. The smallest absolute Gasteiger partial charge is 0.410 e. The zero-order valence-corrected chi connectivity index (χ0v) is 28.4. The summed E-state index contributed by atoms with van der Waals surface area (Å²) in [6.07, 6.45) is 6.35. The molecule has 6 rings (SSSR count). The van der Waals surface area contributed by atoms with E-state index in [0.29, 0.717) is 43.0 Å². The third kappa shape index (κ3) is 7.15. The van der Waals surface area contributed by atoms with Crippen LogP contribution in [-0.4, -0.2) is 68.0 Å². The number of ether oxygens (including phenoxy) is 2. The Morgan fingerprint density at radius 2 is 1.35 bits per heavy atom. The number of hydrogen-bond acceptors (Lipinski definition) is 6. The highest BCUT2D eigenvalue weighted by Crippen LogP contribution is 2.36. The molecule has 1 aromatic heterocycles. The number of carbonyl (C=O) groups excluding carboxylic acids is 2. The van der Waals surface area contributed by atoms with E-state index in [1.807, 2.05) is 59.9 Å². The number of carbonyl (C=O) groups is 2. The third-order valence-corrected chi connectivity index (χ3v) is 8.73. The summed E-state index contributed by atoms with van der Waals surface area (Å²) in [5.74, 6) is -0.656. The van der Waals surface area contributed by atoms with Gasteiger partial charge in [0.1, 0.15) is 28.7 Å². The van der Waals surface area contributed by atoms with Crippen molar-refractivity contribution in [3.8, 4) is 22.4 Å². The molecule has 48 heavy (non-hydrogen) atoms. The molecule has 254 valence electrons. The number of rotatable bonds is 5. The molecule has 3 aromatic rings. The predicted octanol–water partition coefficient (Wildman–Crippen LogP) is 8.68. The van der Waals surface area contributed by atoms with Crippen LogP contribution in [0.5, 0.6) is 0 Å². The molecule has 0 bridgehead atoms. The van der Waals surface area contributed by atoms with E-state index in [1.165, 1.54) is 18.3 Å². The first-order valence-corrected chi connectivity index (χ1v) is 16.6. The van der Waals surface area contributed by atoms with Crippen molar-refractivity contribution in [2.75, 3.05) is 13.1 Å². The largest absolute Gasteiger partial charge is 0.444 e. The number of allylic oxidation sites excluding steroid dienone is 1. The Bertz CT molecular complexity index is 1770. The Morgan fingerprint density at radius 1 is 0.812 bits per heavy atom. The number of imidazole rings is 1. The van der Waals surface area contributed by atoms with Crippen LogP contribution in [-0.2, 0) is 9.47 Å². The fraction of sp³-hybridized carbons (Fsp3) is 0.459. The molecule has 11 heteroatoms. The van der Waals surface area contributed by atoms with Crippen LogP contribution in [0.15, 0.2) is 53.8 Å². The van der Waals surface area contributed by atoms with Gasteiger partial charge in [0.05, 0.1) is 24.0 Å². The first-order valence-electron chi connectivity index (χ1n) is 16.6. The highest BCUT2D eigenvalue weighted by Gasteiger charge is 2.37. The van der Waals surface area contributed by atoms with E-state index in [0.717, 1.165) is 36.1 Å². The minimum Gasteiger partial charge on any atom is -0.444 e. The minimum atomic E-state index is -0.630. The molecule has 4 heterocycles. The molecule has 2 amide bonds. The first-order chi connectivity index (χ1) is 22.7. The Labute approximate surface area is 280 Å². The van der Waals surface area contributed by atoms with Crippen LogP contribution >= 0.6 is 0 Å². The molecule has 2 atom stereocenters. The van der Waals surface area contributed by atoms with E-state index in [2.05, 4.69) is 15.0 Å². The lowest BCUT2D eigenvalue weighted by molar-refractivity contribution is 0.0216. The number of nitrogens with one attached hydrogen (secondary N) is 1. The molecule has 2 saturated heterocycles. The molecular formula is C37H43F2N5O4. The number of aliphatic imine (C=N–C) groups is 1. The molecule has 0 saturated carbocycles. The monoisotopic (exact) mass is 659 g/mol. The number of hydrogen-bond donors (Lipinski definition) is 1. The van der Waals surface area contributed by atoms with Crippen LogP contribution in [0.2, 0.25) is 0 Å². The van der Waals surface area contributed by atoms with Gasteiger partial charge in [-0.05, 0) is 96.1 Å². The quantitative estimate of drug-likeness (QED) is 0.296. The topological polar surface area (TPSA) is 100 Å². The lowest BCUT2D eigenvalue weighted by Gasteiger charge is -2.28. The number of likely N-dealkylation sites (tertiary alicyclic amines) is 2. The van der Waals surface area contributed by atoms with Gasteiger partial charge in [-0.1, -0.05) is 24.3 Å². The zero-order valence-electron chi connectivity index (χ0n) is 28.4. The van der Waals surface area contributed by atoms with Gasteiger partial charge in [-0.2, -0.15) is 0 Å². The summed E-state index contributed by atoms with van der Waals surface area (Å²) in [5, 5.41) is 0. The number of aromatic nitrogens is 2. The molecule has 0 unspecified atom stereocenters. The highest BCUT2D eigenvalue weighted by atomic mass is 19.1. The maximum Gasteiger partial charge on any atom is 0.410 e. The van der Waals surface area contributed by atoms with Gasteiger partial charge in [0, 0.05) is 42.5 Å².